The number of rotatable bonds is 7. The Hall–Kier alpha value is -4.22. The van der Waals surface area contributed by atoms with Crippen molar-refractivity contribution in [3.63, 3.8) is 0 Å². The van der Waals surface area contributed by atoms with E-state index in [1.54, 1.807) is 29.6 Å². The number of benzene rings is 2. The minimum atomic E-state index is -0.582. The van der Waals surface area contributed by atoms with Crippen LogP contribution in [0.15, 0.2) is 61.4 Å². The number of nitrogens with one attached hydrogen (secondary N) is 1. The molecule has 1 N–H and O–H groups in total. The Morgan fingerprint density at radius 3 is 2.50 bits per heavy atom. The van der Waals surface area contributed by atoms with E-state index in [-0.39, 0.29) is 12.1 Å². The molecule has 0 bridgehead atoms. The first-order valence-corrected chi connectivity index (χ1v) is 12.3. The van der Waals surface area contributed by atoms with Crippen molar-refractivity contribution < 1.29 is 13.5 Å². The average molecular weight is 517 g/mol. The molecule has 38 heavy (non-hydrogen) atoms. The number of aromatic nitrogens is 6. The molecule has 5 aromatic rings. The van der Waals surface area contributed by atoms with Crippen molar-refractivity contribution in [2.75, 3.05) is 31.6 Å². The van der Waals surface area contributed by atoms with Crippen LogP contribution in [0.5, 0.6) is 0 Å². The molecule has 4 heterocycles. The van der Waals surface area contributed by atoms with Crippen LogP contribution in [0, 0.1) is 18.6 Å². The van der Waals surface area contributed by atoms with E-state index >= 15 is 8.78 Å². The molecule has 1 aliphatic rings. The van der Waals surface area contributed by atoms with Crippen LogP contribution in [0.1, 0.15) is 16.7 Å². The second-order valence-electron chi connectivity index (χ2n) is 9.34. The molecule has 3 aromatic heterocycles. The Morgan fingerprint density at radius 1 is 0.974 bits per heavy atom. The second-order valence-corrected chi connectivity index (χ2v) is 9.34. The van der Waals surface area contributed by atoms with Gasteiger partial charge in [0.2, 0.25) is 5.95 Å². The number of fused-ring (bicyclic) bond motifs is 1. The molecular weight excluding hydrogens is 490 g/mol. The van der Waals surface area contributed by atoms with Gasteiger partial charge in [-0.05, 0) is 48.4 Å². The van der Waals surface area contributed by atoms with Crippen molar-refractivity contribution >= 4 is 22.7 Å². The number of hydrogen-bond donors (Lipinski definition) is 1. The Kier molecular flexibility index (Phi) is 6.52. The lowest BCUT2D eigenvalue weighted by atomic mass is 10.1. The van der Waals surface area contributed by atoms with Gasteiger partial charge >= 0.3 is 0 Å². The van der Waals surface area contributed by atoms with Crippen LogP contribution in [0.2, 0.25) is 0 Å². The molecule has 1 fully saturated rings. The third-order valence-corrected chi connectivity index (χ3v) is 6.74. The van der Waals surface area contributed by atoms with E-state index in [9.17, 15) is 0 Å². The molecule has 9 nitrogen and oxygen atoms in total. The lowest BCUT2D eigenvalue weighted by Crippen LogP contribution is -2.36. The highest BCUT2D eigenvalue weighted by atomic mass is 19.1. The summed E-state index contributed by atoms with van der Waals surface area (Å²) in [6.07, 6.45) is 6.77. The summed E-state index contributed by atoms with van der Waals surface area (Å²) in [4.78, 5) is 11.1. The van der Waals surface area contributed by atoms with Gasteiger partial charge in [-0.1, -0.05) is 6.07 Å². The maximum Gasteiger partial charge on any atom is 0.229 e. The molecule has 6 rings (SSSR count). The van der Waals surface area contributed by atoms with Gasteiger partial charge in [0.1, 0.15) is 29.9 Å². The smallest absolute Gasteiger partial charge is 0.229 e. The number of aryl methyl sites for hydroxylation is 1. The molecule has 194 valence electrons. The molecular formula is C27H26F2N8O. The fourth-order valence-electron chi connectivity index (χ4n) is 4.60. The SMILES string of the molecule is Cc1ccc(Nc2ncc3ccn(-c4cc(F)c(CN5CCOCC5)c(F)c4)c3n2)cc1Cn1cnnc1. The van der Waals surface area contributed by atoms with E-state index in [0.717, 1.165) is 22.2 Å². The summed E-state index contributed by atoms with van der Waals surface area (Å²) in [6.45, 7) is 5.33. The summed E-state index contributed by atoms with van der Waals surface area (Å²) in [5.41, 5.74) is 4.01. The monoisotopic (exact) mass is 516 g/mol. The van der Waals surface area contributed by atoms with E-state index in [1.807, 2.05) is 40.7 Å². The van der Waals surface area contributed by atoms with Crippen LogP contribution in [0.25, 0.3) is 16.7 Å². The maximum absolute atomic E-state index is 15.1. The Bertz CT molecular complexity index is 1550. The molecule has 0 radical (unpaired) electrons. The van der Waals surface area contributed by atoms with Gasteiger partial charge in [-0.25, -0.2) is 13.8 Å². The summed E-state index contributed by atoms with van der Waals surface area (Å²) in [6, 6.07) is 10.5. The topological polar surface area (TPSA) is 85.9 Å². The minimum Gasteiger partial charge on any atom is -0.379 e. The van der Waals surface area contributed by atoms with E-state index < -0.39 is 11.6 Å². The summed E-state index contributed by atoms with van der Waals surface area (Å²) in [7, 11) is 0. The van der Waals surface area contributed by atoms with Crippen LogP contribution >= 0.6 is 0 Å². The molecule has 1 saturated heterocycles. The lowest BCUT2D eigenvalue weighted by Gasteiger charge is -2.27. The molecule has 0 atom stereocenters. The third kappa shape index (κ3) is 4.98. The van der Waals surface area contributed by atoms with Crippen molar-refractivity contribution in [3.8, 4) is 5.69 Å². The second kappa shape index (κ2) is 10.3. The predicted octanol–water partition coefficient (Wildman–Crippen LogP) is 4.22. The highest BCUT2D eigenvalue weighted by Crippen LogP contribution is 2.25. The number of hydrogen-bond acceptors (Lipinski definition) is 7. The van der Waals surface area contributed by atoms with Gasteiger partial charge in [0.05, 0.1) is 25.4 Å². The van der Waals surface area contributed by atoms with Crippen LogP contribution < -0.4 is 5.32 Å². The first-order chi connectivity index (χ1) is 18.5. The largest absolute Gasteiger partial charge is 0.379 e. The molecule has 1 aliphatic heterocycles. The van der Waals surface area contributed by atoms with Crippen LogP contribution in [-0.2, 0) is 17.8 Å². The number of anilines is 2. The Balaban J connectivity index is 1.27. The first-order valence-electron chi connectivity index (χ1n) is 12.3. The van der Waals surface area contributed by atoms with Gasteiger partial charge in [-0.2, -0.15) is 4.98 Å². The van der Waals surface area contributed by atoms with Gasteiger partial charge in [-0.3, -0.25) is 4.90 Å². The Morgan fingerprint density at radius 2 is 1.74 bits per heavy atom. The fraction of sp³-hybridized carbons (Fsp3) is 0.259. The van der Waals surface area contributed by atoms with Crippen molar-refractivity contribution in [3.05, 3.63) is 89.8 Å². The molecule has 2 aromatic carbocycles. The lowest BCUT2D eigenvalue weighted by molar-refractivity contribution is 0.0332. The van der Waals surface area contributed by atoms with Crippen molar-refractivity contribution in [1.82, 2.24) is 34.2 Å². The highest BCUT2D eigenvalue weighted by Gasteiger charge is 2.19. The number of ether oxygens (including phenoxy) is 1. The molecule has 0 aliphatic carbocycles. The molecule has 0 unspecified atom stereocenters. The zero-order chi connectivity index (χ0) is 26.1. The molecule has 11 heteroatoms. The van der Waals surface area contributed by atoms with Gasteiger partial charge < -0.3 is 19.2 Å². The van der Waals surface area contributed by atoms with Gasteiger partial charge in [-0.15, -0.1) is 10.2 Å². The minimum absolute atomic E-state index is 0.0609. The quantitative estimate of drug-likeness (QED) is 0.347. The van der Waals surface area contributed by atoms with Gasteiger partial charge in [0.25, 0.3) is 0 Å². The third-order valence-electron chi connectivity index (χ3n) is 6.74. The molecule has 0 saturated carbocycles. The number of morpholine rings is 1. The van der Waals surface area contributed by atoms with Crippen molar-refractivity contribution in [2.24, 2.45) is 0 Å². The zero-order valence-electron chi connectivity index (χ0n) is 20.8. The molecule has 0 amide bonds. The highest BCUT2D eigenvalue weighted by molar-refractivity contribution is 5.79. The van der Waals surface area contributed by atoms with Crippen LogP contribution in [0.3, 0.4) is 0 Å². The van der Waals surface area contributed by atoms with E-state index in [4.69, 9.17) is 4.74 Å². The van der Waals surface area contributed by atoms with E-state index in [2.05, 4.69) is 25.5 Å². The number of nitrogens with zero attached hydrogens (tertiary/aromatic N) is 7. The van der Waals surface area contributed by atoms with Crippen molar-refractivity contribution in [1.29, 1.82) is 0 Å². The standard InChI is InChI=1S/C27H26F2N8O/c1-18-2-3-21(10-20(18)14-36-16-31-32-17-36)33-27-30-13-19-4-5-37(26(19)34-27)22-11-24(28)23(25(29)12-22)15-35-6-8-38-9-7-35/h2-5,10-13,16-17H,6-9,14-15H2,1H3,(H,30,33,34). The average Bonchev–Trinajstić information content (AvgIpc) is 3.58. The van der Waals surface area contributed by atoms with Crippen LogP contribution in [0.4, 0.5) is 20.4 Å². The number of halogens is 2. The summed E-state index contributed by atoms with van der Waals surface area (Å²) in [5.74, 6) is -0.788. The summed E-state index contributed by atoms with van der Waals surface area (Å²) >= 11 is 0. The van der Waals surface area contributed by atoms with E-state index in [1.165, 1.54) is 12.1 Å². The van der Waals surface area contributed by atoms with Gasteiger partial charge in [0, 0.05) is 48.7 Å². The summed E-state index contributed by atoms with van der Waals surface area (Å²) < 4.78 is 39.0. The molecule has 0 spiro atoms. The van der Waals surface area contributed by atoms with Crippen molar-refractivity contribution in [2.45, 2.75) is 20.0 Å². The zero-order valence-corrected chi connectivity index (χ0v) is 20.8. The van der Waals surface area contributed by atoms with Gasteiger partial charge in [0.15, 0.2) is 0 Å². The van der Waals surface area contributed by atoms with E-state index in [0.29, 0.717) is 50.1 Å². The normalized spacial score (nSPS) is 14.3. The predicted molar refractivity (Wildman–Crippen MR) is 138 cm³/mol. The van der Waals surface area contributed by atoms with Crippen LogP contribution in [-0.4, -0.2) is 60.5 Å². The summed E-state index contributed by atoms with van der Waals surface area (Å²) in [5, 5.41) is 11.7. The fourth-order valence-corrected chi connectivity index (χ4v) is 4.60. The first kappa shape index (κ1) is 24.1. The maximum atomic E-state index is 15.1. The Labute approximate surface area is 217 Å².